The lowest BCUT2D eigenvalue weighted by Gasteiger charge is -2.19. The number of anilines is 1. The Morgan fingerprint density at radius 3 is 2.04 bits per heavy atom. The Hall–Kier alpha value is -3.02. The van der Waals surface area contributed by atoms with E-state index in [-0.39, 0.29) is 18.6 Å². The van der Waals surface area contributed by atoms with Gasteiger partial charge in [0.2, 0.25) is 0 Å². The third-order valence-corrected chi connectivity index (χ3v) is 3.93. The lowest BCUT2D eigenvalue weighted by molar-refractivity contribution is -0.136. The van der Waals surface area contributed by atoms with Crippen molar-refractivity contribution < 1.29 is 19.1 Å². The molecule has 0 bridgehead atoms. The number of ether oxygens (including phenoxy) is 2. The van der Waals surface area contributed by atoms with Gasteiger partial charge in [0.25, 0.3) is 0 Å². The quantitative estimate of drug-likeness (QED) is 0.605. The Morgan fingerprint density at radius 1 is 0.889 bits per heavy atom. The van der Waals surface area contributed by atoms with Gasteiger partial charge in [0.15, 0.2) is 0 Å². The van der Waals surface area contributed by atoms with E-state index in [1.165, 1.54) is 0 Å². The second-order valence-corrected chi connectivity index (χ2v) is 7.06. The highest BCUT2D eigenvalue weighted by molar-refractivity contribution is 6.39. The Balaban J connectivity index is 1.74. The first-order valence-electron chi connectivity index (χ1n) is 8.76. The topological polar surface area (TPSA) is 76.7 Å². The van der Waals surface area contributed by atoms with Crippen LogP contribution in [-0.4, -0.2) is 32.1 Å². The summed E-state index contributed by atoms with van der Waals surface area (Å²) in [7, 11) is 1.59. The molecular formula is C21H26N2O4. The minimum absolute atomic E-state index is 0.0315. The van der Waals surface area contributed by atoms with Crippen LogP contribution in [0.3, 0.4) is 0 Å². The normalized spacial score (nSPS) is 10.8. The highest BCUT2D eigenvalue weighted by Gasteiger charge is 2.15. The molecule has 2 aromatic carbocycles. The van der Waals surface area contributed by atoms with Crippen LogP contribution < -0.4 is 20.1 Å². The first-order valence-corrected chi connectivity index (χ1v) is 8.76. The second-order valence-electron chi connectivity index (χ2n) is 7.06. The molecule has 0 spiro atoms. The summed E-state index contributed by atoms with van der Waals surface area (Å²) in [5, 5.41) is 5.12. The maximum Gasteiger partial charge on any atom is 0.313 e. The van der Waals surface area contributed by atoms with Crippen molar-refractivity contribution in [1.82, 2.24) is 5.32 Å². The highest BCUT2D eigenvalue weighted by Crippen LogP contribution is 2.23. The number of carbonyl (C=O) groups excluding carboxylic acids is 2. The molecule has 2 amide bonds. The van der Waals surface area contributed by atoms with Gasteiger partial charge in [0, 0.05) is 5.69 Å². The van der Waals surface area contributed by atoms with E-state index >= 15 is 0 Å². The largest absolute Gasteiger partial charge is 0.497 e. The summed E-state index contributed by atoms with van der Waals surface area (Å²) in [6.45, 7) is 6.82. The number of rotatable bonds is 6. The number of hydrogen-bond donors (Lipinski definition) is 2. The maximum atomic E-state index is 12.0. The van der Waals surface area contributed by atoms with E-state index in [0.29, 0.717) is 11.4 Å². The zero-order chi connectivity index (χ0) is 19.9. The van der Waals surface area contributed by atoms with Crippen LogP contribution in [0.4, 0.5) is 5.69 Å². The van der Waals surface area contributed by atoms with Gasteiger partial charge in [-0.15, -0.1) is 0 Å². The maximum absolute atomic E-state index is 12.0. The lowest BCUT2D eigenvalue weighted by Crippen LogP contribution is -2.37. The van der Waals surface area contributed by atoms with Crippen LogP contribution >= 0.6 is 0 Å². The number of methoxy groups -OCH3 is 1. The van der Waals surface area contributed by atoms with Gasteiger partial charge in [-0.25, -0.2) is 0 Å². The van der Waals surface area contributed by atoms with Crippen LogP contribution in [0.15, 0.2) is 48.5 Å². The van der Waals surface area contributed by atoms with E-state index in [2.05, 4.69) is 31.4 Å². The number of benzene rings is 2. The Bertz CT molecular complexity index is 762. The molecule has 0 fully saturated rings. The molecule has 0 radical (unpaired) electrons. The second kappa shape index (κ2) is 9.07. The molecule has 6 heteroatoms. The predicted molar refractivity (Wildman–Crippen MR) is 105 cm³/mol. The monoisotopic (exact) mass is 370 g/mol. The number of amides is 2. The fourth-order valence-corrected chi connectivity index (χ4v) is 2.33. The van der Waals surface area contributed by atoms with Crippen molar-refractivity contribution in [1.29, 1.82) is 0 Å². The summed E-state index contributed by atoms with van der Waals surface area (Å²) in [4.78, 5) is 23.8. The third kappa shape index (κ3) is 6.33. The van der Waals surface area contributed by atoms with Gasteiger partial charge in [-0.3, -0.25) is 9.59 Å². The lowest BCUT2D eigenvalue weighted by atomic mass is 9.87. The van der Waals surface area contributed by atoms with Crippen molar-refractivity contribution in [2.75, 3.05) is 25.6 Å². The standard InChI is InChI=1S/C21H26N2O4/c1-21(2,3)15-5-7-16(8-6-15)23-20(25)19(24)22-13-14-27-18-11-9-17(26-4)10-12-18/h5-12H,13-14H2,1-4H3,(H,22,24)(H,23,25). The van der Waals surface area contributed by atoms with E-state index in [9.17, 15) is 9.59 Å². The SMILES string of the molecule is COc1ccc(OCCNC(=O)C(=O)Nc2ccc(C(C)(C)C)cc2)cc1. The van der Waals surface area contributed by atoms with Gasteiger partial charge in [0.1, 0.15) is 18.1 Å². The molecule has 0 aliphatic carbocycles. The molecule has 0 aromatic heterocycles. The fraction of sp³-hybridized carbons (Fsp3) is 0.333. The van der Waals surface area contributed by atoms with Crippen LogP contribution in [0.1, 0.15) is 26.3 Å². The first-order chi connectivity index (χ1) is 12.8. The molecule has 2 aromatic rings. The molecule has 27 heavy (non-hydrogen) atoms. The molecule has 2 N–H and O–H groups in total. The van der Waals surface area contributed by atoms with Gasteiger partial charge in [0.05, 0.1) is 13.7 Å². The number of hydrogen-bond acceptors (Lipinski definition) is 4. The average Bonchev–Trinajstić information content (AvgIpc) is 2.65. The summed E-state index contributed by atoms with van der Waals surface area (Å²) >= 11 is 0. The fourth-order valence-electron chi connectivity index (χ4n) is 2.33. The Labute approximate surface area is 159 Å². The summed E-state index contributed by atoms with van der Waals surface area (Å²) in [5.41, 5.74) is 1.77. The van der Waals surface area contributed by atoms with Gasteiger partial charge in [-0.05, 0) is 47.4 Å². The first kappa shape index (κ1) is 20.3. The van der Waals surface area contributed by atoms with Crippen LogP contribution in [0.5, 0.6) is 11.5 Å². The zero-order valence-electron chi connectivity index (χ0n) is 16.2. The average molecular weight is 370 g/mol. The third-order valence-electron chi connectivity index (χ3n) is 3.93. The summed E-state index contributed by atoms with van der Waals surface area (Å²) in [5.74, 6) is -0.00696. The van der Waals surface area contributed by atoms with Crippen molar-refractivity contribution >= 4 is 17.5 Å². The van der Waals surface area contributed by atoms with Gasteiger partial charge >= 0.3 is 11.8 Å². The number of carbonyl (C=O) groups is 2. The van der Waals surface area contributed by atoms with E-state index < -0.39 is 11.8 Å². The predicted octanol–water partition coefficient (Wildman–Crippen LogP) is 3.13. The molecular weight excluding hydrogens is 344 g/mol. The summed E-state index contributed by atoms with van der Waals surface area (Å²) in [6.07, 6.45) is 0. The Morgan fingerprint density at radius 2 is 1.48 bits per heavy atom. The van der Waals surface area contributed by atoms with Gasteiger partial charge in [-0.2, -0.15) is 0 Å². The van der Waals surface area contributed by atoms with Crippen molar-refractivity contribution in [2.45, 2.75) is 26.2 Å². The molecule has 0 aliphatic heterocycles. The minimum Gasteiger partial charge on any atom is -0.497 e. The van der Waals surface area contributed by atoms with E-state index in [0.717, 1.165) is 11.3 Å². The Kier molecular flexibility index (Phi) is 6.82. The molecule has 0 atom stereocenters. The molecule has 0 aliphatic rings. The highest BCUT2D eigenvalue weighted by atomic mass is 16.5. The molecule has 144 valence electrons. The van der Waals surface area contributed by atoms with Gasteiger partial charge < -0.3 is 20.1 Å². The van der Waals surface area contributed by atoms with Crippen molar-refractivity contribution in [3.8, 4) is 11.5 Å². The van der Waals surface area contributed by atoms with Crippen LogP contribution in [0.25, 0.3) is 0 Å². The van der Waals surface area contributed by atoms with Crippen molar-refractivity contribution in [2.24, 2.45) is 0 Å². The van der Waals surface area contributed by atoms with Crippen LogP contribution in [0.2, 0.25) is 0 Å². The van der Waals surface area contributed by atoms with Crippen molar-refractivity contribution in [3.05, 3.63) is 54.1 Å². The van der Waals surface area contributed by atoms with E-state index in [4.69, 9.17) is 9.47 Å². The summed E-state index contributed by atoms with van der Waals surface area (Å²) < 4.78 is 10.6. The van der Waals surface area contributed by atoms with Crippen LogP contribution in [-0.2, 0) is 15.0 Å². The molecule has 0 saturated heterocycles. The molecule has 2 rings (SSSR count). The molecule has 0 heterocycles. The molecule has 0 saturated carbocycles. The molecule has 6 nitrogen and oxygen atoms in total. The zero-order valence-corrected chi connectivity index (χ0v) is 16.2. The van der Waals surface area contributed by atoms with Gasteiger partial charge in [-0.1, -0.05) is 32.9 Å². The number of nitrogens with one attached hydrogen (secondary N) is 2. The smallest absolute Gasteiger partial charge is 0.313 e. The van der Waals surface area contributed by atoms with E-state index in [1.54, 1.807) is 43.5 Å². The van der Waals surface area contributed by atoms with Crippen molar-refractivity contribution in [3.63, 3.8) is 0 Å². The summed E-state index contributed by atoms with van der Waals surface area (Å²) in [6, 6.07) is 14.6. The minimum atomic E-state index is -0.706. The molecule has 0 unspecified atom stereocenters. The van der Waals surface area contributed by atoms with E-state index in [1.807, 2.05) is 12.1 Å². The van der Waals surface area contributed by atoms with Crippen LogP contribution in [0, 0.1) is 0 Å².